The van der Waals surface area contributed by atoms with Crippen LogP contribution in [0.2, 0.25) is 0 Å². The molecule has 0 unspecified atom stereocenters. The van der Waals surface area contributed by atoms with Gasteiger partial charge in [-0.2, -0.15) is 0 Å². The number of carbonyl (C=O) groups excluding carboxylic acids is 2. The Labute approximate surface area is 168 Å². The second-order valence-corrected chi connectivity index (χ2v) is 7.63. The van der Waals surface area contributed by atoms with Crippen molar-refractivity contribution in [1.29, 1.82) is 0 Å². The molecule has 2 amide bonds. The van der Waals surface area contributed by atoms with Crippen LogP contribution in [0.15, 0.2) is 48.5 Å². The second kappa shape index (κ2) is 10.2. The van der Waals surface area contributed by atoms with Gasteiger partial charge in [-0.1, -0.05) is 12.1 Å². The van der Waals surface area contributed by atoms with E-state index in [2.05, 4.69) is 10.6 Å². The molecule has 28 heavy (non-hydrogen) atoms. The van der Waals surface area contributed by atoms with Gasteiger partial charge in [-0.3, -0.25) is 9.59 Å². The van der Waals surface area contributed by atoms with E-state index in [4.69, 9.17) is 0 Å². The molecule has 7 heteroatoms. The number of halogens is 1. The second-order valence-electron chi connectivity index (χ2n) is 6.64. The smallest absolute Gasteiger partial charge is 0.253 e. The average Bonchev–Trinajstić information content (AvgIpc) is 2.99. The van der Waals surface area contributed by atoms with Crippen LogP contribution in [0.4, 0.5) is 10.1 Å². The van der Waals surface area contributed by atoms with Gasteiger partial charge in [-0.25, -0.2) is 4.39 Å². The first-order valence-corrected chi connectivity index (χ1v) is 10.5. The van der Waals surface area contributed by atoms with Gasteiger partial charge in [0.2, 0.25) is 5.91 Å². The van der Waals surface area contributed by atoms with E-state index in [0.29, 0.717) is 22.8 Å². The highest BCUT2D eigenvalue weighted by molar-refractivity contribution is 7.99. The highest BCUT2D eigenvalue weighted by Gasteiger charge is 2.16. The Hall–Kier alpha value is -2.38. The molecule has 1 aliphatic rings. The summed E-state index contributed by atoms with van der Waals surface area (Å²) in [5, 5.41) is 6.04. The van der Waals surface area contributed by atoms with Crippen molar-refractivity contribution < 1.29 is 14.0 Å². The fourth-order valence-corrected chi connectivity index (χ4v) is 3.75. The van der Waals surface area contributed by atoms with Gasteiger partial charge < -0.3 is 15.5 Å². The molecule has 3 rings (SSSR count). The van der Waals surface area contributed by atoms with Crippen LogP contribution in [-0.4, -0.2) is 48.6 Å². The number of benzene rings is 2. The minimum Gasteiger partial charge on any atom is -0.337 e. The maximum Gasteiger partial charge on any atom is 0.253 e. The first-order chi connectivity index (χ1) is 13.6. The largest absolute Gasteiger partial charge is 0.337 e. The van der Waals surface area contributed by atoms with Crippen molar-refractivity contribution >= 4 is 29.3 Å². The van der Waals surface area contributed by atoms with Crippen LogP contribution in [-0.2, 0) is 10.5 Å². The molecule has 0 saturated carbocycles. The van der Waals surface area contributed by atoms with Crippen LogP contribution in [0, 0.1) is 5.82 Å². The van der Waals surface area contributed by atoms with E-state index in [1.807, 2.05) is 29.2 Å². The summed E-state index contributed by atoms with van der Waals surface area (Å²) in [5.74, 6) is 0.596. The van der Waals surface area contributed by atoms with E-state index >= 15 is 0 Å². The molecular formula is C21H24FN3O2S. The number of carbonyl (C=O) groups is 2. The third-order valence-electron chi connectivity index (χ3n) is 4.46. The Morgan fingerprint density at radius 2 is 1.79 bits per heavy atom. The average molecular weight is 402 g/mol. The number of anilines is 1. The number of thioether (sulfide) groups is 1. The van der Waals surface area contributed by atoms with Gasteiger partial charge in [0.15, 0.2) is 0 Å². The topological polar surface area (TPSA) is 61.4 Å². The molecule has 2 aromatic carbocycles. The molecule has 0 radical (unpaired) electrons. The van der Waals surface area contributed by atoms with Crippen LogP contribution >= 0.6 is 11.8 Å². The molecular weight excluding hydrogens is 377 g/mol. The van der Waals surface area contributed by atoms with Gasteiger partial charge in [0.05, 0.1) is 5.75 Å². The van der Waals surface area contributed by atoms with E-state index in [-0.39, 0.29) is 17.6 Å². The molecule has 0 spiro atoms. The van der Waals surface area contributed by atoms with E-state index in [1.54, 1.807) is 0 Å². The summed E-state index contributed by atoms with van der Waals surface area (Å²) >= 11 is 1.49. The number of amides is 2. The zero-order chi connectivity index (χ0) is 19.8. The zero-order valence-corrected chi connectivity index (χ0v) is 16.4. The Balaban J connectivity index is 1.44. The molecule has 148 valence electrons. The van der Waals surface area contributed by atoms with Crippen molar-refractivity contribution in [2.24, 2.45) is 0 Å². The standard InChI is InChI=1S/C21H24FN3O2S/c22-18-6-8-19(9-7-18)24-20(26)15-28-14-16-2-4-17(5-3-16)21(27)25-12-1-10-23-11-13-25/h2-9,23H,1,10-15H2,(H,24,26). The molecule has 0 aliphatic carbocycles. The van der Waals surface area contributed by atoms with Crippen molar-refractivity contribution in [2.75, 3.05) is 37.2 Å². The number of hydrogen-bond acceptors (Lipinski definition) is 4. The highest BCUT2D eigenvalue weighted by Crippen LogP contribution is 2.16. The summed E-state index contributed by atoms with van der Waals surface area (Å²) in [6.07, 6.45) is 0.973. The molecule has 1 aliphatic heterocycles. The van der Waals surface area contributed by atoms with Gasteiger partial charge >= 0.3 is 0 Å². The maximum atomic E-state index is 12.9. The summed E-state index contributed by atoms with van der Waals surface area (Å²) in [6.45, 7) is 3.31. The van der Waals surface area contributed by atoms with Crippen molar-refractivity contribution in [3.8, 4) is 0 Å². The molecule has 1 heterocycles. The fraction of sp³-hybridized carbons (Fsp3) is 0.333. The predicted molar refractivity (Wildman–Crippen MR) is 111 cm³/mol. The normalized spacial score (nSPS) is 14.4. The van der Waals surface area contributed by atoms with Crippen LogP contribution in [0.3, 0.4) is 0 Å². The Kier molecular flexibility index (Phi) is 7.45. The van der Waals surface area contributed by atoms with Gasteiger partial charge in [-0.15, -0.1) is 11.8 Å². The fourth-order valence-electron chi connectivity index (χ4n) is 2.97. The Morgan fingerprint density at radius 1 is 1.04 bits per heavy atom. The first kappa shape index (κ1) is 20.4. The summed E-state index contributed by atoms with van der Waals surface area (Å²) in [5.41, 5.74) is 2.34. The lowest BCUT2D eigenvalue weighted by atomic mass is 10.1. The molecule has 0 atom stereocenters. The van der Waals surface area contributed by atoms with Crippen molar-refractivity contribution in [2.45, 2.75) is 12.2 Å². The summed E-state index contributed by atoms with van der Waals surface area (Å²) in [4.78, 5) is 26.4. The SMILES string of the molecule is O=C(CSCc1ccc(C(=O)N2CCCNCC2)cc1)Nc1ccc(F)cc1. The van der Waals surface area contributed by atoms with E-state index in [0.717, 1.165) is 38.2 Å². The third-order valence-corrected chi connectivity index (χ3v) is 5.46. The van der Waals surface area contributed by atoms with Crippen LogP contribution < -0.4 is 10.6 Å². The molecule has 2 aromatic rings. The van der Waals surface area contributed by atoms with Crippen LogP contribution in [0.1, 0.15) is 22.3 Å². The van der Waals surface area contributed by atoms with Crippen molar-refractivity contribution in [1.82, 2.24) is 10.2 Å². The Bertz CT molecular complexity index is 788. The monoisotopic (exact) mass is 401 g/mol. The number of hydrogen-bond donors (Lipinski definition) is 2. The number of nitrogens with one attached hydrogen (secondary N) is 2. The molecule has 2 N–H and O–H groups in total. The van der Waals surface area contributed by atoms with E-state index in [9.17, 15) is 14.0 Å². The minimum atomic E-state index is -0.332. The number of nitrogens with zero attached hydrogens (tertiary/aromatic N) is 1. The zero-order valence-electron chi connectivity index (χ0n) is 15.6. The van der Waals surface area contributed by atoms with Gasteiger partial charge in [0.25, 0.3) is 5.91 Å². The number of rotatable bonds is 6. The lowest BCUT2D eigenvalue weighted by molar-refractivity contribution is -0.113. The lowest BCUT2D eigenvalue weighted by Gasteiger charge is -2.20. The molecule has 0 aromatic heterocycles. The maximum absolute atomic E-state index is 12.9. The van der Waals surface area contributed by atoms with Crippen LogP contribution in [0.25, 0.3) is 0 Å². The quantitative estimate of drug-likeness (QED) is 0.781. The predicted octanol–water partition coefficient (Wildman–Crippen LogP) is 3.13. The van der Waals surface area contributed by atoms with E-state index in [1.165, 1.54) is 36.0 Å². The first-order valence-electron chi connectivity index (χ1n) is 9.34. The van der Waals surface area contributed by atoms with Gasteiger partial charge in [-0.05, 0) is 54.9 Å². The van der Waals surface area contributed by atoms with Crippen molar-refractivity contribution in [3.63, 3.8) is 0 Å². The molecule has 0 bridgehead atoms. The highest BCUT2D eigenvalue weighted by atomic mass is 32.2. The summed E-state index contributed by atoms with van der Waals surface area (Å²) in [7, 11) is 0. The minimum absolute atomic E-state index is 0.0709. The Morgan fingerprint density at radius 3 is 2.54 bits per heavy atom. The third kappa shape index (κ3) is 6.07. The van der Waals surface area contributed by atoms with Gasteiger partial charge in [0.1, 0.15) is 5.82 Å². The van der Waals surface area contributed by atoms with Gasteiger partial charge in [0, 0.05) is 36.6 Å². The van der Waals surface area contributed by atoms with Crippen molar-refractivity contribution in [3.05, 3.63) is 65.5 Å². The molecule has 1 fully saturated rings. The molecule has 1 saturated heterocycles. The summed E-state index contributed by atoms with van der Waals surface area (Å²) < 4.78 is 12.9. The summed E-state index contributed by atoms with van der Waals surface area (Å²) in [6, 6.07) is 13.3. The van der Waals surface area contributed by atoms with E-state index < -0.39 is 0 Å². The van der Waals surface area contributed by atoms with Crippen LogP contribution in [0.5, 0.6) is 0 Å². The molecule has 5 nitrogen and oxygen atoms in total. The lowest BCUT2D eigenvalue weighted by Crippen LogP contribution is -2.34.